The van der Waals surface area contributed by atoms with Crippen LogP contribution in [-0.4, -0.2) is 59.3 Å². The van der Waals surface area contributed by atoms with E-state index in [1.54, 1.807) is 4.90 Å². The van der Waals surface area contributed by atoms with E-state index in [-0.39, 0.29) is 23.6 Å². The third-order valence-corrected chi connectivity index (χ3v) is 6.93. The van der Waals surface area contributed by atoms with Crippen LogP contribution in [-0.2, 0) is 27.0 Å². The molecule has 1 aromatic carbocycles. The lowest BCUT2D eigenvalue weighted by atomic mass is 10.2. The van der Waals surface area contributed by atoms with Gasteiger partial charge in [0.05, 0.1) is 5.75 Å². The molecule has 1 fully saturated rings. The summed E-state index contributed by atoms with van der Waals surface area (Å²) >= 11 is 0. The third-order valence-electron chi connectivity index (χ3n) is 5.11. The molecule has 2 heterocycles. The summed E-state index contributed by atoms with van der Waals surface area (Å²) in [5.41, 5.74) is 0.762. The number of carbonyl (C=O) groups is 1. The molecule has 9 heteroatoms. The average Bonchev–Trinajstić information content (AvgIpc) is 3.32. The first kappa shape index (κ1) is 21.4. The first-order valence-electron chi connectivity index (χ1n) is 9.87. The molecule has 1 saturated heterocycles. The highest BCUT2D eigenvalue weighted by atomic mass is 32.2. The summed E-state index contributed by atoms with van der Waals surface area (Å²) in [4.78, 5) is 18.3. The molecule has 1 aromatic heterocycles. The van der Waals surface area contributed by atoms with E-state index in [0.717, 1.165) is 5.56 Å². The minimum absolute atomic E-state index is 0.0263. The molecule has 158 valence electrons. The Balaban J connectivity index is 1.61. The molecule has 8 nitrogen and oxygen atoms in total. The summed E-state index contributed by atoms with van der Waals surface area (Å²) in [6.07, 6.45) is 1.10. The zero-order chi connectivity index (χ0) is 21.0. The highest BCUT2D eigenvalue weighted by Gasteiger charge is 2.35. The quantitative estimate of drug-likeness (QED) is 0.649. The average molecular weight is 421 g/mol. The van der Waals surface area contributed by atoms with Gasteiger partial charge < -0.3 is 9.42 Å². The van der Waals surface area contributed by atoms with Gasteiger partial charge in [0.15, 0.2) is 5.82 Å². The second-order valence-electron chi connectivity index (χ2n) is 7.71. The molecule has 0 radical (unpaired) electrons. The lowest BCUT2D eigenvalue weighted by Crippen LogP contribution is -2.43. The van der Waals surface area contributed by atoms with Crippen molar-refractivity contribution in [1.29, 1.82) is 0 Å². The van der Waals surface area contributed by atoms with Gasteiger partial charge in [-0.25, -0.2) is 8.42 Å². The van der Waals surface area contributed by atoms with Crippen molar-refractivity contribution in [3.05, 3.63) is 47.6 Å². The van der Waals surface area contributed by atoms with Crippen molar-refractivity contribution in [3.8, 4) is 0 Å². The van der Waals surface area contributed by atoms with Crippen LogP contribution in [0.4, 0.5) is 0 Å². The first-order chi connectivity index (χ1) is 13.8. The van der Waals surface area contributed by atoms with Crippen molar-refractivity contribution in [2.75, 3.05) is 19.6 Å². The Hall–Kier alpha value is -2.26. The number of aromatic nitrogens is 2. The summed E-state index contributed by atoms with van der Waals surface area (Å²) in [7, 11) is -3.42. The molecule has 0 aliphatic carbocycles. The van der Waals surface area contributed by atoms with E-state index in [4.69, 9.17) is 4.52 Å². The zero-order valence-electron chi connectivity index (χ0n) is 17.1. The molecule has 0 N–H and O–H groups in total. The maximum absolute atomic E-state index is 12.8. The predicted molar refractivity (Wildman–Crippen MR) is 109 cm³/mol. The summed E-state index contributed by atoms with van der Waals surface area (Å²) < 4.78 is 32.3. The number of nitrogens with zero attached hydrogens (tertiary/aromatic N) is 4. The van der Waals surface area contributed by atoms with Crippen LogP contribution < -0.4 is 0 Å². The smallest absolute Gasteiger partial charge is 0.229 e. The van der Waals surface area contributed by atoms with Gasteiger partial charge in [-0.05, 0) is 12.0 Å². The van der Waals surface area contributed by atoms with Crippen LogP contribution in [0.5, 0.6) is 0 Å². The van der Waals surface area contributed by atoms with Crippen molar-refractivity contribution in [2.45, 2.75) is 51.3 Å². The molecule has 2 aromatic rings. The number of hydrogen-bond donors (Lipinski definition) is 0. The second kappa shape index (κ2) is 9.04. The highest BCUT2D eigenvalue weighted by molar-refractivity contribution is 7.88. The number of carbonyl (C=O) groups excluding carboxylic acids is 1. The van der Waals surface area contributed by atoms with Gasteiger partial charge in [0, 0.05) is 44.9 Å². The van der Waals surface area contributed by atoms with Crippen LogP contribution in [0.15, 0.2) is 34.9 Å². The molecule has 1 atom stereocenters. The van der Waals surface area contributed by atoms with Gasteiger partial charge in [-0.2, -0.15) is 9.29 Å². The summed E-state index contributed by atoms with van der Waals surface area (Å²) in [6.45, 7) is 6.63. The number of amides is 1. The third kappa shape index (κ3) is 5.42. The minimum atomic E-state index is -3.42. The van der Waals surface area contributed by atoms with Gasteiger partial charge in [-0.1, -0.05) is 49.3 Å². The molecule has 0 saturated carbocycles. The molecule has 0 spiro atoms. The van der Waals surface area contributed by atoms with E-state index < -0.39 is 10.0 Å². The Morgan fingerprint density at radius 1 is 1.31 bits per heavy atom. The van der Waals surface area contributed by atoms with Gasteiger partial charge in [0.1, 0.15) is 0 Å². The lowest BCUT2D eigenvalue weighted by molar-refractivity contribution is -0.130. The molecule has 0 bridgehead atoms. The Morgan fingerprint density at radius 2 is 2.03 bits per heavy atom. The summed E-state index contributed by atoms with van der Waals surface area (Å²) in [5, 5.41) is 3.97. The Labute approximate surface area is 171 Å². The van der Waals surface area contributed by atoms with E-state index in [1.165, 1.54) is 11.2 Å². The fourth-order valence-corrected chi connectivity index (χ4v) is 5.09. The minimum Gasteiger partial charge on any atom is -0.339 e. The number of hydrogen-bond acceptors (Lipinski definition) is 6. The molecular formula is C20H28N4O4S. The monoisotopic (exact) mass is 420 g/mol. The highest BCUT2D eigenvalue weighted by Crippen LogP contribution is 2.22. The van der Waals surface area contributed by atoms with Crippen LogP contribution in [0.3, 0.4) is 0 Å². The summed E-state index contributed by atoms with van der Waals surface area (Å²) in [5.74, 6) is 1.18. The number of rotatable bonds is 8. The first-order valence-corrected chi connectivity index (χ1v) is 11.5. The molecule has 29 heavy (non-hydrogen) atoms. The molecule has 1 aliphatic rings. The van der Waals surface area contributed by atoms with Gasteiger partial charge in [-0.3, -0.25) is 4.79 Å². The van der Waals surface area contributed by atoms with Gasteiger partial charge in [0.25, 0.3) is 0 Å². The Bertz CT molecular complexity index is 927. The second-order valence-corrected chi connectivity index (χ2v) is 9.68. The van der Waals surface area contributed by atoms with Gasteiger partial charge >= 0.3 is 0 Å². The fourth-order valence-electron chi connectivity index (χ4n) is 3.51. The Morgan fingerprint density at radius 3 is 2.66 bits per heavy atom. The van der Waals surface area contributed by atoms with Crippen molar-refractivity contribution in [1.82, 2.24) is 19.3 Å². The van der Waals surface area contributed by atoms with Gasteiger partial charge in [0.2, 0.25) is 21.8 Å². The predicted octanol–water partition coefficient (Wildman–Crippen LogP) is 2.19. The molecule has 1 aliphatic heterocycles. The van der Waals surface area contributed by atoms with E-state index in [1.807, 2.05) is 44.2 Å². The number of sulfonamides is 1. The van der Waals surface area contributed by atoms with Crippen molar-refractivity contribution in [2.24, 2.45) is 0 Å². The molecule has 1 unspecified atom stereocenters. The SMILES string of the molecule is CC(=O)N(CCc1noc(C(C)C)n1)C1CCN(S(=O)(=O)Cc2ccccc2)C1. The number of benzene rings is 1. The fraction of sp³-hybridized carbons (Fsp3) is 0.550. The van der Waals surface area contributed by atoms with Crippen LogP contribution in [0.25, 0.3) is 0 Å². The van der Waals surface area contributed by atoms with E-state index in [2.05, 4.69) is 10.1 Å². The zero-order valence-corrected chi connectivity index (χ0v) is 17.9. The van der Waals surface area contributed by atoms with Crippen LogP contribution >= 0.6 is 0 Å². The van der Waals surface area contributed by atoms with Crippen molar-refractivity contribution < 1.29 is 17.7 Å². The molecular weight excluding hydrogens is 392 g/mol. The normalized spacial score (nSPS) is 17.7. The van der Waals surface area contributed by atoms with E-state index >= 15 is 0 Å². The van der Waals surface area contributed by atoms with Crippen LogP contribution in [0, 0.1) is 0 Å². The van der Waals surface area contributed by atoms with Crippen molar-refractivity contribution in [3.63, 3.8) is 0 Å². The van der Waals surface area contributed by atoms with E-state index in [9.17, 15) is 13.2 Å². The van der Waals surface area contributed by atoms with Gasteiger partial charge in [-0.15, -0.1) is 0 Å². The van der Waals surface area contributed by atoms with Crippen molar-refractivity contribution >= 4 is 15.9 Å². The molecule has 1 amide bonds. The standard InChI is InChI=1S/C20H28N4O4S/c1-15(2)20-21-19(22-28-20)10-12-24(16(3)25)18-9-11-23(13-18)29(26,27)14-17-7-5-4-6-8-17/h4-8,15,18H,9-14H2,1-3H3. The van der Waals surface area contributed by atoms with Crippen LogP contribution in [0.2, 0.25) is 0 Å². The van der Waals surface area contributed by atoms with Crippen LogP contribution in [0.1, 0.15) is 50.4 Å². The maximum Gasteiger partial charge on any atom is 0.229 e. The largest absolute Gasteiger partial charge is 0.339 e. The summed E-state index contributed by atoms with van der Waals surface area (Å²) in [6, 6.07) is 9.00. The van der Waals surface area contributed by atoms with E-state index in [0.29, 0.717) is 44.2 Å². The lowest BCUT2D eigenvalue weighted by Gasteiger charge is -2.27. The Kier molecular flexibility index (Phi) is 6.69. The maximum atomic E-state index is 12.8. The topological polar surface area (TPSA) is 96.6 Å². The molecule has 3 rings (SSSR count).